The Bertz CT molecular complexity index is 923. The zero-order valence-electron chi connectivity index (χ0n) is 15.4. The standard InChI is InChI=1S/C18H22N2O5S/c1-12-6-7-18(13(2)8-12)26(21,22)20-19-11-14-9-16(24-4)17(25-5)10-15(14)23-3/h6-11,20H,1-5H3/b19-11+. The number of nitrogens with zero attached hydrogens (tertiary/aromatic N) is 1. The van der Waals surface area contributed by atoms with Crippen LogP contribution in [0.4, 0.5) is 0 Å². The minimum atomic E-state index is -3.77. The highest BCUT2D eigenvalue weighted by Crippen LogP contribution is 2.33. The van der Waals surface area contributed by atoms with Crippen molar-refractivity contribution in [2.45, 2.75) is 18.7 Å². The van der Waals surface area contributed by atoms with Crippen molar-refractivity contribution in [3.63, 3.8) is 0 Å². The maximum Gasteiger partial charge on any atom is 0.276 e. The molecule has 0 aromatic heterocycles. The number of hydrogen-bond acceptors (Lipinski definition) is 6. The molecule has 2 aromatic carbocycles. The van der Waals surface area contributed by atoms with E-state index in [0.29, 0.717) is 28.4 Å². The summed E-state index contributed by atoms with van der Waals surface area (Å²) < 4.78 is 40.6. The van der Waals surface area contributed by atoms with Crippen molar-refractivity contribution in [2.75, 3.05) is 21.3 Å². The summed E-state index contributed by atoms with van der Waals surface area (Å²) in [7, 11) is 0.753. The molecule has 0 aliphatic heterocycles. The van der Waals surface area contributed by atoms with E-state index in [0.717, 1.165) is 5.56 Å². The van der Waals surface area contributed by atoms with Gasteiger partial charge in [0.05, 0.1) is 32.4 Å². The van der Waals surface area contributed by atoms with E-state index in [4.69, 9.17) is 14.2 Å². The Hall–Kier alpha value is -2.74. The minimum Gasteiger partial charge on any atom is -0.496 e. The Labute approximate surface area is 153 Å². The van der Waals surface area contributed by atoms with Crippen molar-refractivity contribution < 1.29 is 22.6 Å². The molecule has 0 aliphatic carbocycles. The lowest BCUT2D eigenvalue weighted by molar-refractivity contribution is 0.349. The van der Waals surface area contributed by atoms with Gasteiger partial charge in [0.15, 0.2) is 11.5 Å². The van der Waals surface area contributed by atoms with Crippen molar-refractivity contribution in [3.05, 3.63) is 47.0 Å². The van der Waals surface area contributed by atoms with Crippen LogP contribution in [0.5, 0.6) is 17.2 Å². The van der Waals surface area contributed by atoms with Crippen molar-refractivity contribution in [2.24, 2.45) is 5.10 Å². The molecule has 1 N–H and O–H groups in total. The van der Waals surface area contributed by atoms with Gasteiger partial charge in [-0.1, -0.05) is 17.7 Å². The van der Waals surface area contributed by atoms with Crippen LogP contribution < -0.4 is 19.0 Å². The summed E-state index contributed by atoms with van der Waals surface area (Å²) in [4.78, 5) is 2.40. The van der Waals surface area contributed by atoms with E-state index in [1.165, 1.54) is 27.5 Å². The number of hydrazone groups is 1. The first-order chi connectivity index (χ1) is 12.3. The van der Waals surface area contributed by atoms with Gasteiger partial charge in [0.2, 0.25) is 0 Å². The number of benzene rings is 2. The van der Waals surface area contributed by atoms with Gasteiger partial charge in [-0.2, -0.15) is 13.5 Å². The summed E-state index contributed by atoms with van der Waals surface area (Å²) >= 11 is 0. The zero-order chi connectivity index (χ0) is 19.3. The molecule has 7 nitrogen and oxygen atoms in total. The number of rotatable bonds is 7. The molecule has 0 amide bonds. The molecule has 0 aliphatic rings. The van der Waals surface area contributed by atoms with Crippen LogP contribution in [0.25, 0.3) is 0 Å². The smallest absolute Gasteiger partial charge is 0.276 e. The van der Waals surface area contributed by atoms with Crippen LogP contribution in [0.3, 0.4) is 0 Å². The average Bonchev–Trinajstić information content (AvgIpc) is 2.60. The minimum absolute atomic E-state index is 0.180. The van der Waals surface area contributed by atoms with Crippen molar-refractivity contribution >= 4 is 16.2 Å². The average molecular weight is 378 g/mol. The van der Waals surface area contributed by atoms with Crippen LogP contribution in [0.2, 0.25) is 0 Å². The van der Waals surface area contributed by atoms with Gasteiger partial charge in [-0.25, -0.2) is 4.83 Å². The number of aryl methyl sites for hydroxylation is 2. The monoisotopic (exact) mass is 378 g/mol. The number of methoxy groups -OCH3 is 3. The molecule has 0 heterocycles. The molecule has 0 saturated carbocycles. The Kier molecular flexibility index (Phi) is 6.10. The highest BCUT2D eigenvalue weighted by Gasteiger charge is 2.16. The molecule has 0 spiro atoms. The second kappa shape index (κ2) is 8.09. The molecule has 140 valence electrons. The fraction of sp³-hybridized carbons (Fsp3) is 0.278. The molecule has 2 aromatic rings. The van der Waals surface area contributed by atoms with E-state index in [-0.39, 0.29) is 4.90 Å². The van der Waals surface area contributed by atoms with Gasteiger partial charge in [-0.3, -0.25) is 0 Å². The third-order valence-corrected chi connectivity index (χ3v) is 5.12. The summed E-state index contributed by atoms with van der Waals surface area (Å²) in [6.07, 6.45) is 1.35. The third kappa shape index (κ3) is 4.26. The topological polar surface area (TPSA) is 86.2 Å². The molecular weight excluding hydrogens is 356 g/mol. The van der Waals surface area contributed by atoms with Crippen LogP contribution in [-0.4, -0.2) is 36.0 Å². The lowest BCUT2D eigenvalue weighted by Crippen LogP contribution is -2.19. The number of ether oxygens (including phenoxy) is 3. The van der Waals surface area contributed by atoms with Gasteiger partial charge in [-0.15, -0.1) is 0 Å². The molecule has 8 heteroatoms. The summed E-state index contributed by atoms with van der Waals surface area (Å²) in [5, 5.41) is 3.85. The molecule has 0 atom stereocenters. The molecule has 0 fully saturated rings. The van der Waals surface area contributed by atoms with E-state index in [1.54, 1.807) is 37.3 Å². The maximum absolute atomic E-state index is 12.4. The molecular formula is C18H22N2O5S. The summed E-state index contributed by atoms with van der Waals surface area (Å²) in [6.45, 7) is 3.64. The van der Waals surface area contributed by atoms with Crippen molar-refractivity contribution in [1.29, 1.82) is 0 Å². The fourth-order valence-electron chi connectivity index (χ4n) is 2.47. The van der Waals surface area contributed by atoms with E-state index in [9.17, 15) is 8.42 Å². The first-order valence-electron chi connectivity index (χ1n) is 7.74. The zero-order valence-corrected chi connectivity index (χ0v) is 16.2. The van der Waals surface area contributed by atoms with Gasteiger partial charge in [0.25, 0.3) is 10.0 Å². The van der Waals surface area contributed by atoms with Gasteiger partial charge < -0.3 is 14.2 Å². The largest absolute Gasteiger partial charge is 0.496 e. The Balaban J connectivity index is 2.29. The second-order valence-electron chi connectivity index (χ2n) is 5.57. The van der Waals surface area contributed by atoms with Crippen molar-refractivity contribution in [3.8, 4) is 17.2 Å². The van der Waals surface area contributed by atoms with Crippen LogP contribution in [0, 0.1) is 13.8 Å². The Morgan fingerprint density at radius 2 is 1.54 bits per heavy atom. The van der Waals surface area contributed by atoms with Gasteiger partial charge in [-0.05, 0) is 31.5 Å². The first-order valence-corrected chi connectivity index (χ1v) is 9.23. The van der Waals surface area contributed by atoms with Gasteiger partial charge in [0, 0.05) is 11.6 Å². The van der Waals surface area contributed by atoms with Gasteiger partial charge in [0.1, 0.15) is 5.75 Å². The summed E-state index contributed by atoms with van der Waals surface area (Å²) in [6, 6.07) is 8.38. The highest BCUT2D eigenvalue weighted by atomic mass is 32.2. The summed E-state index contributed by atoms with van der Waals surface area (Å²) in [5.41, 5.74) is 2.17. The van der Waals surface area contributed by atoms with Crippen molar-refractivity contribution in [1.82, 2.24) is 4.83 Å². The number of sulfonamides is 1. The predicted octanol–water partition coefficient (Wildman–Crippen LogP) is 2.64. The van der Waals surface area contributed by atoms with E-state index >= 15 is 0 Å². The number of hydrogen-bond donors (Lipinski definition) is 1. The Morgan fingerprint density at radius 3 is 2.12 bits per heavy atom. The van der Waals surface area contributed by atoms with Crippen LogP contribution in [0.15, 0.2) is 40.3 Å². The maximum atomic E-state index is 12.4. The van der Waals surface area contributed by atoms with Crippen LogP contribution in [-0.2, 0) is 10.0 Å². The predicted molar refractivity (Wildman–Crippen MR) is 99.9 cm³/mol. The van der Waals surface area contributed by atoms with Crippen LogP contribution >= 0.6 is 0 Å². The molecule has 26 heavy (non-hydrogen) atoms. The highest BCUT2D eigenvalue weighted by molar-refractivity contribution is 7.89. The fourth-order valence-corrected chi connectivity index (χ4v) is 3.49. The van der Waals surface area contributed by atoms with Gasteiger partial charge >= 0.3 is 0 Å². The first kappa shape index (κ1) is 19.6. The van der Waals surface area contributed by atoms with E-state index in [1.807, 2.05) is 6.92 Å². The second-order valence-corrected chi connectivity index (χ2v) is 7.20. The van der Waals surface area contributed by atoms with E-state index < -0.39 is 10.0 Å². The quantitative estimate of drug-likeness (QED) is 0.591. The third-order valence-electron chi connectivity index (χ3n) is 3.73. The molecule has 0 saturated heterocycles. The lowest BCUT2D eigenvalue weighted by Gasteiger charge is -2.12. The Morgan fingerprint density at radius 1 is 0.923 bits per heavy atom. The van der Waals surface area contributed by atoms with Crippen LogP contribution in [0.1, 0.15) is 16.7 Å². The molecule has 0 unspecified atom stereocenters. The van der Waals surface area contributed by atoms with E-state index in [2.05, 4.69) is 9.93 Å². The normalized spacial score (nSPS) is 11.4. The summed E-state index contributed by atoms with van der Waals surface area (Å²) in [5.74, 6) is 1.45. The lowest BCUT2D eigenvalue weighted by atomic mass is 10.2. The molecule has 2 rings (SSSR count). The number of nitrogens with one attached hydrogen (secondary N) is 1. The SMILES string of the molecule is COc1cc(OC)c(OC)cc1/C=N/NS(=O)(=O)c1ccc(C)cc1C. The molecule has 0 bridgehead atoms. The molecule has 0 radical (unpaired) electrons.